The summed E-state index contributed by atoms with van der Waals surface area (Å²) in [4.78, 5) is 27.1. The second kappa shape index (κ2) is 6.52. The molecule has 0 saturated carbocycles. The van der Waals surface area contributed by atoms with Gasteiger partial charge in [0, 0.05) is 11.3 Å². The predicted molar refractivity (Wildman–Crippen MR) is 72.4 cm³/mol. The van der Waals surface area contributed by atoms with Crippen LogP contribution in [0.2, 0.25) is 5.15 Å². The van der Waals surface area contributed by atoms with E-state index < -0.39 is 17.9 Å². The highest BCUT2D eigenvalue weighted by atomic mass is 35.5. The van der Waals surface area contributed by atoms with Crippen molar-refractivity contribution in [2.45, 2.75) is 33.2 Å². The molecule has 1 amide bonds. The SMILES string of the molecule is CCc1cc(C(=O)NC(C(=O)O)C(C)C)cc(Cl)n1. The molecule has 1 atom stereocenters. The molecule has 0 bridgehead atoms. The van der Waals surface area contributed by atoms with Crippen molar-refractivity contribution in [1.29, 1.82) is 0 Å². The highest BCUT2D eigenvalue weighted by Gasteiger charge is 2.24. The fraction of sp³-hybridized carbons (Fsp3) is 0.462. The molecule has 0 aliphatic rings. The summed E-state index contributed by atoms with van der Waals surface area (Å²) in [5, 5.41) is 11.8. The number of nitrogens with zero attached hydrogens (tertiary/aromatic N) is 1. The van der Waals surface area contributed by atoms with Gasteiger partial charge in [0.15, 0.2) is 0 Å². The molecule has 0 spiro atoms. The van der Waals surface area contributed by atoms with Gasteiger partial charge in [-0.25, -0.2) is 9.78 Å². The average molecular weight is 285 g/mol. The molecule has 2 N–H and O–H groups in total. The van der Waals surface area contributed by atoms with E-state index in [0.29, 0.717) is 17.7 Å². The third-order valence-electron chi connectivity index (χ3n) is 2.69. The molecular formula is C13H17ClN2O3. The summed E-state index contributed by atoms with van der Waals surface area (Å²) in [6.07, 6.45) is 0.646. The van der Waals surface area contributed by atoms with Gasteiger partial charge in [-0.3, -0.25) is 4.79 Å². The van der Waals surface area contributed by atoms with Gasteiger partial charge in [-0.05, 0) is 24.5 Å². The Morgan fingerprint density at radius 3 is 2.53 bits per heavy atom. The number of aliphatic carboxylic acids is 1. The van der Waals surface area contributed by atoms with Crippen molar-refractivity contribution < 1.29 is 14.7 Å². The number of nitrogens with one attached hydrogen (secondary N) is 1. The van der Waals surface area contributed by atoms with Gasteiger partial charge >= 0.3 is 5.97 Å². The Bertz CT molecular complexity index is 489. The van der Waals surface area contributed by atoms with E-state index >= 15 is 0 Å². The minimum absolute atomic E-state index is 0.204. The van der Waals surface area contributed by atoms with Gasteiger partial charge in [0.05, 0.1) is 0 Å². The zero-order chi connectivity index (χ0) is 14.6. The van der Waals surface area contributed by atoms with Gasteiger partial charge < -0.3 is 10.4 Å². The van der Waals surface area contributed by atoms with Crippen LogP contribution in [0, 0.1) is 5.92 Å². The number of pyridine rings is 1. The van der Waals surface area contributed by atoms with Crippen LogP contribution in [-0.4, -0.2) is 28.0 Å². The lowest BCUT2D eigenvalue weighted by Gasteiger charge is -2.18. The number of carboxylic acid groups (broad SMARTS) is 1. The number of carbonyl (C=O) groups excluding carboxylic acids is 1. The molecule has 1 rings (SSSR count). The lowest BCUT2D eigenvalue weighted by Crippen LogP contribution is -2.44. The maximum atomic E-state index is 12.0. The van der Waals surface area contributed by atoms with E-state index in [-0.39, 0.29) is 11.1 Å². The van der Waals surface area contributed by atoms with Crippen molar-refractivity contribution in [2.24, 2.45) is 5.92 Å². The van der Waals surface area contributed by atoms with Gasteiger partial charge in [-0.2, -0.15) is 0 Å². The first-order chi connectivity index (χ1) is 8.85. The summed E-state index contributed by atoms with van der Waals surface area (Å²) in [6, 6.07) is 2.11. The van der Waals surface area contributed by atoms with Crippen molar-refractivity contribution in [2.75, 3.05) is 0 Å². The molecule has 1 aromatic rings. The third kappa shape index (κ3) is 4.21. The van der Waals surface area contributed by atoms with Crippen molar-refractivity contribution in [3.63, 3.8) is 0 Å². The van der Waals surface area contributed by atoms with Gasteiger partial charge in [0.2, 0.25) is 0 Å². The van der Waals surface area contributed by atoms with Crippen molar-refractivity contribution in [3.05, 3.63) is 28.5 Å². The smallest absolute Gasteiger partial charge is 0.326 e. The van der Waals surface area contributed by atoms with Gasteiger partial charge in [0.1, 0.15) is 11.2 Å². The molecule has 1 aromatic heterocycles. The largest absolute Gasteiger partial charge is 0.480 e. The Hall–Kier alpha value is -1.62. The summed E-state index contributed by atoms with van der Waals surface area (Å²) < 4.78 is 0. The van der Waals surface area contributed by atoms with Crippen LogP contribution in [0.25, 0.3) is 0 Å². The van der Waals surface area contributed by atoms with Crippen LogP contribution in [0.3, 0.4) is 0 Å². The quantitative estimate of drug-likeness (QED) is 0.812. The molecular weight excluding hydrogens is 268 g/mol. The summed E-state index contributed by atoms with van der Waals surface area (Å²) in [5.74, 6) is -1.72. The number of amides is 1. The fourth-order valence-corrected chi connectivity index (χ4v) is 1.83. The minimum Gasteiger partial charge on any atom is -0.480 e. The summed E-state index contributed by atoms with van der Waals surface area (Å²) >= 11 is 5.83. The molecule has 0 aliphatic carbocycles. The number of hydrogen-bond acceptors (Lipinski definition) is 3. The molecule has 1 unspecified atom stereocenters. The molecule has 0 radical (unpaired) electrons. The topological polar surface area (TPSA) is 79.3 Å². The number of aryl methyl sites for hydroxylation is 1. The van der Waals surface area contributed by atoms with Crippen molar-refractivity contribution >= 4 is 23.5 Å². The van der Waals surface area contributed by atoms with Gasteiger partial charge in [0.25, 0.3) is 5.91 Å². The second-order valence-electron chi connectivity index (χ2n) is 4.56. The van der Waals surface area contributed by atoms with E-state index in [4.69, 9.17) is 16.7 Å². The molecule has 0 aromatic carbocycles. The minimum atomic E-state index is -1.06. The molecule has 0 fully saturated rings. The van der Waals surface area contributed by atoms with Crippen LogP contribution in [0.15, 0.2) is 12.1 Å². The van der Waals surface area contributed by atoms with Crippen LogP contribution < -0.4 is 5.32 Å². The Morgan fingerprint density at radius 2 is 2.05 bits per heavy atom. The number of rotatable bonds is 5. The monoisotopic (exact) mass is 284 g/mol. The standard InChI is InChI=1S/C13H17ClN2O3/c1-4-9-5-8(6-10(14)15-9)12(17)16-11(7(2)3)13(18)19/h5-7,11H,4H2,1-3H3,(H,16,17)(H,18,19). The highest BCUT2D eigenvalue weighted by molar-refractivity contribution is 6.29. The van der Waals surface area contributed by atoms with Crippen LogP contribution in [-0.2, 0) is 11.2 Å². The Labute approximate surface area is 117 Å². The lowest BCUT2D eigenvalue weighted by atomic mass is 10.0. The zero-order valence-corrected chi connectivity index (χ0v) is 11.9. The molecule has 0 aliphatic heterocycles. The maximum absolute atomic E-state index is 12.0. The number of aromatic nitrogens is 1. The summed E-state index contributed by atoms with van der Waals surface area (Å²) in [5.41, 5.74) is 1.01. The number of carboxylic acids is 1. The zero-order valence-electron chi connectivity index (χ0n) is 11.1. The molecule has 104 valence electrons. The molecule has 19 heavy (non-hydrogen) atoms. The van der Waals surface area contributed by atoms with E-state index in [9.17, 15) is 9.59 Å². The van der Waals surface area contributed by atoms with Crippen LogP contribution in [0.1, 0.15) is 36.8 Å². The second-order valence-corrected chi connectivity index (χ2v) is 4.94. The predicted octanol–water partition coefficient (Wildman–Crippen LogP) is 2.14. The molecule has 0 saturated heterocycles. The van der Waals surface area contributed by atoms with Gasteiger partial charge in [-0.1, -0.05) is 32.4 Å². The number of carbonyl (C=O) groups is 2. The third-order valence-corrected chi connectivity index (χ3v) is 2.88. The lowest BCUT2D eigenvalue weighted by molar-refractivity contribution is -0.140. The Morgan fingerprint density at radius 1 is 1.42 bits per heavy atom. The number of halogens is 1. The Kier molecular flexibility index (Phi) is 5.30. The maximum Gasteiger partial charge on any atom is 0.326 e. The first kappa shape index (κ1) is 15.4. The Balaban J connectivity index is 2.94. The van der Waals surface area contributed by atoms with E-state index in [1.807, 2.05) is 6.92 Å². The van der Waals surface area contributed by atoms with E-state index in [2.05, 4.69) is 10.3 Å². The average Bonchev–Trinajstić information content (AvgIpc) is 2.33. The van der Waals surface area contributed by atoms with E-state index in [1.54, 1.807) is 19.9 Å². The van der Waals surface area contributed by atoms with E-state index in [0.717, 1.165) is 0 Å². The first-order valence-corrected chi connectivity index (χ1v) is 6.43. The van der Waals surface area contributed by atoms with Crippen molar-refractivity contribution in [1.82, 2.24) is 10.3 Å². The van der Waals surface area contributed by atoms with Crippen molar-refractivity contribution in [3.8, 4) is 0 Å². The molecule has 6 heteroatoms. The molecule has 5 nitrogen and oxygen atoms in total. The summed E-state index contributed by atoms with van der Waals surface area (Å²) in [7, 11) is 0. The van der Waals surface area contributed by atoms with Crippen LogP contribution >= 0.6 is 11.6 Å². The number of hydrogen-bond donors (Lipinski definition) is 2. The fourth-order valence-electron chi connectivity index (χ4n) is 1.60. The normalized spacial score (nSPS) is 12.3. The van der Waals surface area contributed by atoms with E-state index in [1.165, 1.54) is 6.07 Å². The molecule has 1 heterocycles. The highest BCUT2D eigenvalue weighted by Crippen LogP contribution is 2.12. The first-order valence-electron chi connectivity index (χ1n) is 6.05. The van der Waals surface area contributed by atoms with Crippen LogP contribution in [0.5, 0.6) is 0 Å². The van der Waals surface area contributed by atoms with Crippen LogP contribution in [0.4, 0.5) is 0 Å². The van der Waals surface area contributed by atoms with Gasteiger partial charge in [-0.15, -0.1) is 0 Å². The summed E-state index contributed by atoms with van der Waals surface area (Å²) in [6.45, 7) is 5.36.